The van der Waals surface area contributed by atoms with E-state index < -0.39 is 0 Å². The highest BCUT2D eigenvalue weighted by Gasteiger charge is 2.16. The van der Waals surface area contributed by atoms with Crippen LogP contribution in [0.15, 0.2) is 53.7 Å². The molecule has 3 aromatic rings. The maximum Gasteiger partial charge on any atom is 0.234 e. The first-order chi connectivity index (χ1) is 15.1. The van der Waals surface area contributed by atoms with E-state index in [-0.39, 0.29) is 11.7 Å². The summed E-state index contributed by atoms with van der Waals surface area (Å²) in [6.45, 7) is 3.98. The zero-order chi connectivity index (χ0) is 22.1. The average Bonchev–Trinajstić information content (AvgIpc) is 3.18. The third kappa shape index (κ3) is 6.72. The van der Waals surface area contributed by atoms with E-state index >= 15 is 0 Å². The summed E-state index contributed by atoms with van der Waals surface area (Å²) in [6.07, 6.45) is 0.816. The lowest BCUT2D eigenvalue weighted by molar-refractivity contribution is -0.113. The molecule has 3 rings (SSSR count). The maximum absolute atomic E-state index is 12.4. The van der Waals surface area contributed by atoms with Crippen LogP contribution in [0.4, 0.5) is 5.69 Å². The Morgan fingerprint density at radius 2 is 2.00 bits per heavy atom. The fourth-order valence-electron chi connectivity index (χ4n) is 2.91. The van der Waals surface area contributed by atoms with Gasteiger partial charge in [-0.05, 0) is 49.7 Å². The summed E-state index contributed by atoms with van der Waals surface area (Å²) < 4.78 is 12.7. The van der Waals surface area contributed by atoms with Crippen LogP contribution in [0.3, 0.4) is 0 Å². The van der Waals surface area contributed by atoms with Crippen LogP contribution < -0.4 is 10.1 Å². The summed E-state index contributed by atoms with van der Waals surface area (Å²) in [5, 5.41) is 12.9. The van der Waals surface area contributed by atoms with E-state index in [1.165, 1.54) is 11.8 Å². The predicted octanol–water partition coefficient (Wildman–Crippen LogP) is 4.76. The number of amides is 1. The number of aromatic nitrogens is 3. The van der Waals surface area contributed by atoms with Crippen molar-refractivity contribution in [3.63, 3.8) is 0 Å². The van der Waals surface area contributed by atoms with E-state index in [9.17, 15) is 4.79 Å². The summed E-state index contributed by atoms with van der Waals surface area (Å²) >= 11 is 7.36. The van der Waals surface area contributed by atoms with Crippen molar-refractivity contribution in [2.45, 2.75) is 25.0 Å². The van der Waals surface area contributed by atoms with Gasteiger partial charge in [-0.25, -0.2) is 0 Å². The zero-order valence-electron chi connectivity index (χ0n) is 17.5. The van der Waals surface area contributed by atoms with E-state index in [2.05, 4.69) is 15.5 Å². The van der Waals surface area contributed by atoms with Crippen LogP contribution in [-0.2, 0) is 16.1 Å². The van der Waals surface area contributed by atoms with Crippen LogP contribution in [0.5, 0.6) is 5.75 Å². The highest BCUT2D eigenvalue weighted by Crippen LogP contribution is 2.26. The Morgan fingerprint density at radius 1 is 1.19 bits per heavy atom. The number of anilines is 1. The minimum Gasteiger partial charge on any atom is -0.497 e. The number of benzene rings is 2. The third-order valence-corrected chi connectivity index (χ3v) is 5.60. The lowest BCUT2D eigenvalue weighted by Gasteiger charge is -2.11. The Hall–Kier alpha value is -2.55. The molecule has 1 aromatic heterocycles. The van der Waals surface area contributed by atoms with Crippen molar-refractivity contribution >= 4 is 35.0 Å². The molecule has 1 heterocycles. The van der Waals surface area contributed by atoms with Gasteiger partial charge in [0.15, 0.2) is 11.0 Å². The van der Waals surface area contributed by atoms with Crippen molar-refractivity contribution in [1.82, 2.24) is 14.8 Å². The second-order valence-corrected chi connectivity index (χ2v) is 7.96. The highest BCUT2D eigenvalue weighted by molar-refractivity contribution is 7.99. The van der Waals surface area contributed by atoms with Crippen LogP contribution >= 0.6 is 23.4 Å². The molecule has 9 heteroatoms. The van der Waals surface area contributed by atoms with E-state index in [1.54, 1.807) is 13.2 Å². The van der Waals surface area contributed by atoms with Crippen molar-refractivity contribution in [3.05, 3.63) is 53.6 Å². The second kappa shape index (κ2) is 11.7. The minimum absolute atomic E-state index is 0.129. The molecule has 0 aliphatic heterocycles. The number of ether oxygens (including phenoxy) is 2. The SMILES string of the molecule is CCOCCCn1c(SCC(=O)Nc2cccc(OC)c2)nnc1-c1ccc(Cl)cc1. The summed E-state index contributed by atoms with van der Waals surface area (Å²) in [5.41, 5.74) is 1.60. The quantitative estimate of drug-likeness (QED) is 0.328. The van der Waals surface area contributed by atoms with Crippen molar-refractivity contribution < 1.29 is 14.3 Å². The van der Waals surface area contributed by atoms with Crippen molar-refractivity contribution in [2.24, 2.45) is 0 Å². The molecule has 0 saturated carbocycles. The van der Waals surface area contributed by atoms with Gasteiger partial charge in [0.05, 0.1) is 12.9 Å². The average molecular weight is 461 g/mol. The fraction of sp³-hybridized carbons (Fsp3) is 0.318. The third-order valence-electron chi connectivity index (χ3n) is 4.38. The van der Waals surface area contributed by atoms with Gasteiger partial charge in [-0.2, -0.15) is 0 Å². The molecule has 0 atom stereocenters. The van der Waals surface area contributed by atoms with Crippen molar-refractivity contribution in [2.75, 3.05) is 31.4 Å². The Balaban J connectivity index is 1.70. The lowest BCUT2D eigenvalue weighted by atomic mass is 10.2. The van der Waals surface area contributed by atoms with Gasteiger partial charge in [0.25, 0.3) is 0 Å². The molecule has 164 valence electrons. The minimum atomic E-state index is -0.129. The monoisotopic (exact) mass is 460 g/mol. The smallest absolute Gasteiger partial charge is 0.234 e. The number of carbonyl (C=O) groups is 1. The zero-order valence-corrected chi connectivity index (χ0v) is 19.1. The summed E-state index contributed by atoms with van der Waals surface area (Å²) in [4.78, 5) is 12.4. The summed E-state index contributed by atoms with van der Waals surface area (Å²) in [5.74, 6) is 1.51. The van der Waals surface area contributed by atoms with Gasteiger partial charge in [-0.15, -0.1) is 10.2 Å². The Bertz CT molecular complexity index is 995. The molecular formula is C22H25ClN4O3S. The van der Waals surface area contributed by atoms with E-state index in [0.717, 1.165) is 17.8 Å². The largest absolute Gasteiger partial charge is 0.497 e. The fourth-order valence-corrected chi connectivity index (χ4v) is 3.80. The molecule has 31 heavy (non-hydrogen) atoms. The van der Waals surface area contributed by atoms with Crippen LogP contribution in [0, 0.1) is 0 Å². The number of hydrogen-bond donors (Lipinski definition) is 1. The standard InChI is InChI=1S/C22H25ClN4O3S/c1-3-30-13-5-12-27-21(16-8-10-17(23)11-9-16)25-26-22(27)31-15-20(28)24-18-6-4-7-19(14-18)29-2/h4,6-11,14H,3,5,12-13,15H2,1-2H3,(H,24,28). The van der Waals surface area contributed by atoms with E-state index in [0.29, 0.717) is 41.4 Å². The Morgan fingerprint density at radius 3 is 2.74 bits per heavy atom. The van der Waals surface area contributed by atoms with Gasteiger partial charge in [-0.1, -0.05) is 29.4 Å². The number of nitrogens with zero attached hydrogens (tertiary/aromatic N) is 3. The van der Waals surface area contributed by atoms with Gasteiger partial charge in [-0.3, -0.25) is 4.79 Å². The molecule has 0 radical (unpaired) electrons. The van der Waals surface area contributed by atoms with Gasteiger partial charge in [0.2, 0.25) is 5.91 Å². The Labute approximate surface area is 191 Å². The number of nitrogens with one attached hydrogen (secondary N) is 1. The highest BCUT2D eigenvalue weighted by atomic mass is 35.5. The van der Waals surface area contributed by atoms with Crippen LogP contribution in [0.2, 0.25) is 5.02 Å². The second-order valence-electron chi connectivity index (χ2n) is 6.58. The number of thioether (sulfide) groups is 1. The molecule has 2 aromatic carbocycles. The number of rotatable bonds is 11. The molecule has 0 fully saturated rings. The van der Waals surface area contributed by atoms with Gasteiger partial charge in [0.1, 0.15) is 5.75 Å². The van der Waals surface area contributed by atoms with Crippen LogP contribution in [-0.4, -0.2) is 46.7 Å². The number of halogens is 1. The van der Waals surface area contributed by atoms with Crippen molar-refractivity contribution in [3.8, 4) is 17.1 Å². The first-order valence-corrected chi connectivity index (χ1v) is 11.3. The Kier molecular flexibility index (Phi) is 8.75. The number of carbonyl (C=O) groups excluding carboxylic acids is 1. The topological polar surface area (TPSA) is 78.3 Å². The molecule has 0 saturated heterocycles. The maximum atomic E-state index is 12.4. The van der Waals surface area contributed by atoms with Crippen LogP contribution in [0.1, 0.15) is 13.3 Å². The first-order valence-electron chi connectivity index (χ1n) is 9.94. The lowest BCUT2D eigenvalue weighted by Crippen LogP contribution is -2.15. The van der Waals surface area contributed by atoms with Gasteiger partial charge in [0, 0.05) is 42.1 Å². The van der Waals surface area contributed by atoms with E-state index in [4.69, 9.17) is 21.1 Å². The number of hydrogen-bond acceptors (Lipinski definition) is 6. The molecule has 0 bridgehead atoms. The summed E-state index contributed by atoms with van der Waals surface area (Å²) in [6, 6.07) is 14.7. The van der Waals surface area contributed by atoms with Gasteiger partial charge >= 0.3 is 0 Å². The molecule has 0 aliphatic carbocycles. The summed E-state index contributed by atoms with van der Waals surface area (Å²) in [7, 11) is 1.59. The normalized spacial score (nSPS) is 10.8. The molecule has 1 N–H and O–H groups in total. The molecule has 0 aliphatic rings. The first kappa shape index (κ1) is 23.1. The molecule has 0 unspecified atom stereocenters. The molecule has 7 nitrogen and oxygen atoms in total. The molecule has 1 amide bonds. The van der Waals surface area contributed by atoms with Crippen molar-refractivity contribution in [1.29, 1.82) is 0 Å². The molecule has 0 spiro atoms. The van der Waals surface area contributed by atoms with Crippen LogP contribution in [0.25, 0.3) is 11.4 Å². The number of methoxy groups -OCH3 is 1. The van der Waals surface area contributed by atoms with E-state index in [1.807, 2.05) is 54.0 Å². The predicted molar refractivity (Wildman–Crippen MR) is 124 cm³/mol. The molecular weight excluding hydrogens is 436 g/mol. The van der Waals surface area contributed by atoms with Gasteiger partial charge < -0.3 is 19.4 Å².